The zero-order valence-electron chi connectivity index (χ0n) is 13.0. The van der Waals surface area contributed by atoms with Gasteiger partial charge in [-0.1, -0.05) is 6.07 Å². The van der Waals surface area contributed by atoms with Gasteiger partial charge in [-0.2, -0.15) is 0 Å². The van der Waals surface area contributed by atoms with E-state index in [1.54, 1.807) is 6.20 Å². The average molecular weight is 292 g/mol. The predicted octanol–water partition coefficient (Wildman–Crippen LogP) is 0.498. The molecule has 1 N–H and O–H groups in total. The summed E-state index contributed by atoms with van der Waals surface area (Å²) in [4.78, 5) is 31.2. The smallest absolute Gasteiger partial charge is 0.239 e. The molecule has 1 aromatic heterocycles. The minimum absolute atomic E-state index is 0.0634. The second-order valence-electron chi connectivity index (χ2n) is 5.20. The molecule has 0 bridgehead atoms. The van der Waals surface area contributed by atoms with Gasteiger partial charge < -0.3 is 15.1 Å². The van der Waals surface area contributed by atoms with Crippen molar-refractivity contribution in [2.24, 2.45) is 0 Å². The first-order valence-corrected chi connectivity index (χ1v) is 7.06. The van der Waals surface area contributed by atoms with E-state index in [1.807, 2.05) is 32.3 Å². The number of pyridine rings is 1. The van der Waals surface area contributed by atoms with Crippen molar-refractivity contribution in [1.82, 2.24) is 20.1 Å². The molecule has 21 heavy (non-hydrogen) atoms. The Morgan fingerprint density at radius 3 is 2.62 bits per heavy atom. The fourth-order valence-electron chi connectivity index (χ4n) is 1.82. The summed E-state index contributed by atoms with van der Waals surface area (Å²) in [6.07, 6.45) is 2.56. The normalized spacial score (nSPS) is 10.5. The number of nitrogens with one attached hydrogen (secondary N) is 1. The van der Waals surface area contributed by atoms with E-state index >= 15 is 0 Å². The summed E-state index contributed by atoms with van der Waals surface area (Å²) in [6.45, 7) is 3.41. The van der Waals surface area contributed by atoms with Crippen molar-refractivity contribution in [3.8, 4) is 0 Å². The highest BCUT2D eigenvalue weighted by Crippen LogP contribution is 2.01. The van der Waals surface area contributed by atoms with Crippen molar-refractivity contribution in [1.29, 1.82) is 0 Å². The van der Waals surface area contributed by atoms with E-state index < -0.39 is 0 Å². The van der Waals surface area contributed by atoms with Gasteiger partial charge in [0.05, 0.1) is 18.8 Å². The number of aromatic nitrogens is 1. The molecular weight excluding hydrogens is 268 g/mol. The average Bonchev–Trinajstić information content (AvgIpc) is 2.44. The van der Waals surface area contributed by atoms with Crippen molar-refractivity contribution < 1.29 is 9.59 Å². The Morgan fingerprint density at radius 1 is 1.29 bits per heavy atom. The molecule has 6 nitrogen and oxygen atoms in total. The van der Waals surface area contributed by atoms with Gasteiger partial charge in [0.25, 0.3) is 0 Å². The SMILES string of the molecule is CC(=O)N(CC(=O)NCCCN(C)C)Cc1ccccn1. The Hall–Kier alpha value is -1.95. The third kappa shape index (κ3) is 7.41. The molecule has 0 atom stereocenters. The number of carbonyl (C=O) groups excluding carboxylic acids is 2. The molecule has 1 aromatic rings. The van der Waals surface area contributed by atoms with Crippen molar-refractivity contribution in [3.05, 3.63) is 30.1 Å². The number of carbonyl (C=O) groups is 2. The Kier molecular flexibility index (Phi) is 7.39. The largest absolute Gasteiger partial charge is 0.355 e. The molecule has 1 heterocycles. The van der Waals surface area contributed by atoms with Crippen LogP contribution in [0.5, 0.6) is 0 Å². The molecular formula is C15H24N4O2. The van der Waals surface area contributed by atoms with Gasteiger partial charge in [-0.05, 0) is 39.2 Å². The van der Waals surface area contributed by atoms with Gasteiger partial charge in [0.15, 0.2) is 0 Å². The van der Waals surface area contributed by atoms with Crippen molar-refractivity contribution in [2.45, 2.75) is 19.9 Å². The van der Waals surface area contributed by atoms with Crippen molar-refractivity contribution in [2.75, 3.05) is 33.7 Å². The van der Waals surface area contributed by atoms with E-state index in [4.69, 9.17) is 0 Å². The van der Waals surface area contributed by atoms with E-state index in [-0.39, 0.29) is 18.4 Å². The Labute approximate surface area is 126 Å². The van der Waals surface area contributed by atoms with E-state index in [0.717, 1.165) is 18.7 Å². The quantitative estimate of drug-likeness (QED) is 0.709. The Morgan fingerprint density at radius 2 is 2.05 bits per heavy atom. The molecule has 116 valence electrons. The van der Waals surface area contributed by atoms with Gasteiger partial charge in [-0.25, -0.2) is 0 Å². The van der Waals surface area contributed by atoms with Crippen LogP contribution in [-0.2, 0) is 16.1 Å². The Bertz CT molecular complexity index is 448. The van der Waals surface area contributed by atoms with Gasteiger partial charge in [0, 0.05) is 19.7 Å². The molecule has 0 aromatic carbocycles. The first kappa shape index (κ1) is 17.1. The molecule has 6 heteroatoms. The number of hydrogen-bond acceptors (Lipinski definition) is 4. The predicted molar refractivity (Wildman–Crippen MR) is 81.5 cm³/mol. The topological polar surface area (TPSA) is 65.5 Å². The number of rotatable bonds is 8. The van der Waals surface area contributed by atoms with Crippen LogP contribution in [0.1, 0.15) is 19.0 Å². The van der Waals surface area contributed by atoms with Crippen LogP contribution in [0.25, 0.3) is 0 Å². The van der Waals surface area contributed by atoms with Gasteiger partial charge >= 0.3 is 0 Å². The molecule has 0 unspecified atom stereocenters. The zero-order chi connectivity index (χ0) is 15.7. The lowest BCUT2D eigenvalue weighted by atomic mass is 10.3. The lowest BCUT2D eigenvalue weighted by molar-refractivity contribution is -0.135. The standard InChI is InChI=1S/C15H24N4O2/c1-13(20)19(11-14-7-4-5-8-16-14)12-15(21)17-9-6-10-18(2)3/h4-5,7-8H,6,9-12H2,1-3H3,(H,17,21). The van der Waals surface area contributed by atoms with Gasteiger partial charge in [-0.15, -0.1) is 0 Å². The first-order valence-electron chi connectivity index (χ1n) is 7.06. The van der Waals surface area contributed by atoms with Gasteiger partial charge in [0.2, 0.25) is 11.8 Å². The van der Waals surface area contributed by atoms with Gasteiger partial charge in [-0.3, -0.25) is 14.6 Å². The highest BCUT2D eigenvalue weighted by Gasteiger charge is 2.14. The minimum Gasteiger partial charge on any atom is -0.355 e. The van der Waals surface area contributed by atoms with Gasteiger partial charge in [0.1, 0.15) is 0 Å². The second kappa shape index (κ2) is 9.07. The molecule has 0 aliphatic carbocycles. The molecule has 1 rings (SSSR count). The third-order valence-corrected chi connectivity index (χ3v) is 2.96. The maximum Gasteiger partial charge on any atom is 0.239 e. The van der Waals surface area contributed by atoms with E-state index in [2.05, 4.69) is 15.2 Å². The van der Waals surface area contributed by atoms with Crippen molar-refractivity contribution >= 4 is 11.8 Å². The second-order valence-corrected chi connectivity index (χ2v) is 5.20. The molecule has 0 radical (unpaired) electrons. The number of nitrogens with zero attached hydrogens (tertiary/aromatic N) is 3. The van der Waals surface area contributed by atoms with E-state index in [1.165, 1.54) is 11.8 Å². The highest BCUT2D eigenvalue weighted by molar-refractivity contribution is 5.83. The van der Waals surface area contributed by atoms with Crippen LogP contribution in [0.2, 0.25) is 0 Å². The fraction of sp³-hybridized carbons (Fsp3) is 0.533. The molecule has 0 saturated carbocycles. The summed E-state index contributed by atoms with van der Waals surface area (Å²) in [5, 5.41) is 2.83. The van der Waals surface area contributed by atoms with Crippen LogP contribution in [0.3, 0.4) is 0 Å². The zero-order valence-corrected chi connectivity index (χ0v) is 13.0. The molecule has 0 fully saturated rings. The first-order chi connectivity index (χ1) is 9.99. The molecule has 2 amide bonds. The maximum atomic E-state index is 11.9. The summed E-state index contributed by atoms with van der Waals surface area (Å²) in [5.74, 6) is -0.274. The van der Waals surface area contributed by atoms with Crippen LogP contribution >= 0.6 is 0 Å². The van der Waals surface area contributed by atoms with E-state index in [0.29, 0.717) is 13.1 Å². The lowest BCUT2D eigenvalue weighted by Crippen LogP contribution is -2.40. The lowest BCUT2D eigenvalue weighted by Gasteiger charge is -2.20. The van der Waals surface area contributed by atoms with E-state index in [9.17, 15) is 9.59 Å². The molecule has 0 aliphatic rings. The Balaban J connectivity index is 2.40. The summed E-state index contributed by atoms with van der Waals surface area (Å²) >= 11 is 0. The molecule has 0 aliphatic heterocycles. The highest BCUT2D eigenvalue weighted by atomic mass is 16.2. The summed E-state index contributed by atoms with van der Waals surface area (Å²) in [5.41, 5.74) is 0.771. The monoisotopic (exact) mass is 292 g/mol. The number of amides is 2. The van der Waals surface area contributed by atoms with Crippen molar-refractivity contribution in [3.63, 3.8) is 0 Å². The third-order valence-electron chi connectivity index (χ3n) is 2.96. The summed E-state index contributed by atoms with van der Waals surface area (Å²) in [6, 6.07) is 5.52. The van der Waals surface area contributed by atoms with Crippen LogP contribution in [0, 0.1) is 0 Å². The van der Waals surface area contributed by atoms with Crippen LogP contribution in [0.4, 0.5) is 0 Å². The van der Waals surface area contributed by atoms with Crippen LogP contribution in [0.15, 0.2) is 24.4 Å². The molecule has 0 spiro atoms. The summed E-state index contributed by atoms with van der Waals surface area (Å²) in [7, 11) is 3.98. The minimum atomic E-state index is -0.139. The number of hydrogen-bond donors (Lipinski definition) is 1. The molecule has 0 saturated heterocycles. The van der Waals surface area contributed by atoms with Crippen LogP contribution in [-0.4, -0.2) is 60.3 Å². The maximum absolute atomic E-state index is 11.9. The fourth-order valence-corrected chi connectivity index (χ4v) is 1.82. The van der Waals surface area contributed by atoms with Crippen LogP contribution < -0.4 is 5.32 Å². The summed E-state index contributed by atoms with van der Waals surface area (Å²) < 4.78 is 0.